The van der Waals surface area contributed by atoms with Crippen LogP contribution in [0.3, 0.4) is 0 Å². The zero-order valence-corrected chi connectivity index (χ0v) is 13.6. The van der Waals surface area contributed by atoms with Crippen LogP contribution in [0, 0.1) is 11.7 Å². The molecule has 1 fully saturated rings. The van der Waals surface area contributed by atoms with Crippen molar-refractivity contribution < 1.29 is 13.9 Å². The van der Waals surface area contributed by atoms with Crippen LogP contribution in [-0.4, -0.2) is 37.6 Å². The van der Waals surface area contributed by atoms with Gasteiger partial charge in [-0.2, -0.15) is 0 Å². The van der Waals surface area contributed by atoms with Crippen molar-refractivity contribution >= 4 is 5.91 Å². The molecule has 0 saturated carbocycles. The molecule has 4 nitrogen and oxygen atoms in total. The molecule has 1 aromatic carbocycles. The number of methoxy groups -OCH3 is 1. The van der Waals surface area contributed by atoms with Crippen LogP contribution in [0.4, 0.5) is 4.39 Å². The highest BCUT2D eigenvalue weighted by atomic mass is 19.1. The Labute approximate surface area is 131 Å². The maximum Gasteiger partial charge on any atom is 0.236 e. The van der Waals surface area contributed by atoms with Crippen molar-refractivity contribution in [1.29, 1.82) is 0 Å². The molecular weight excluding hydrogens is 283 g/mol. The van der Waals surface area contributed by atoms with Crippen LogP contribution in [0.25, 0.3) is 0 Å². The highest BCUT2D eigenvalue weighted by molar-refractivity contribution is 5.78. The van der Waals surface area contributed by atoms with Crippen LogP contribution in [0.15, 0.2) is 18.2 Å². The van der Waals surface area contributed by atoms with Crippen molar-refractivity contribution in [1.82, 2.24) is 10.2 Å². The number of hydrogen-bond acceptors (Lipinski definition) is 3. The highest BCUT2D eigenvalue weighted by Gasteiger charge is 2.22. The van der Waals surface area contributed by atoms with Crippen LogP contribution in [0.1, 0.15) is 38.3 Å². The van der Waals surface area contributed by atoms with Crippen LogP contribution in [0.2, 0.25) is 0 Å². The van der Waals surface area contributed by atoms with Crippen LogP contribution >= 0.6 is 0 Å². The number of amides is 1. The predicted octanol–water partition coefficient (Wildman–Crippen LogP) is 2.74. The van der Waals surface area contributed by atoms with Gasteiger partial charge in [0.1, 0.15) is 11.6 Å². The van der Waals surface area contributed by atoms with Gasteiger partial charge in [0.15, 0.2) is 0 Å². The minimum atomic E-state index is -0.321. The summed E-state index contributed by atoms with van der Waals surface area (Å²) in [4.78, 5) is 14.1. The van der Waals surface area contributed by atoms with Crippen molar-refractivity contribution in [2.75, 3.05) is 26.7 Å². The van der Waals surface area contributed by atoms with Crippen LogP contribution in [0.5, 0.6) is 5.75 Å². The van der Waals surface area contributed by atoms with E-state index in [4.69, 9.17) is 4.74 Å². The molecule has 1 aliphatic rings. The third-order valence-corrected chi connectivity index (χ3v) is 4.36. The predicted molar refractivity (Wildman–Crippen MR) is 84.3 cm³/mol. The number of carbonyl (C=O) groups excluding carboxylic acids is 1. The Bertz CT molecular complexity index is 513. The number of ether oxygens (including phenoxy) is 1. The minimum Gasteiger partial charge on any atom is -0.496 e. The zero-order valence-electron chi connectivity index (χ0n) is 13.6. The molecule has 1 aliphatic heterocycles. The number of nitrogens with zero attached hydrogens (tertiary/aromatic N) is 1. The summed E-state index contributed by atoms with van der Waals surface area (Å²) in [6, 6.07) is 4.46. The summed E-state index contributed by atoms with van der Waals surface area (Å²) >= 11 is 0. The molecule has 0 bridgehead atoms. The van der Waals surface area contributed by atoms with Gasteiger partial charge in [0, 0.05) is 24.7 Å². The summed E-state index contributed by atoms with van der Waals surface area (Å²) in [5.41, 5.74) is 0.463. The van der Waals surface area contributed by atoms with Crippen molar-refractivity contribution in [2.24, 2.45) is 5.92 Å². The summed E-state index contributed by atoms with van der Waals surface area (Å²) in [6.45, 7) is 5.91. The Morgan fingerprint density at radius 1 is 1.45 bits per heavy atom. The molecule has 0 spiro atoms. The molecule has 2 rings (SSSR count). The second-order valence-corrected chi connectivity index (χ2v) is 6.02. The number of piperidine rings is 1. The van der Waals surface area contributed by atoms with Gasteiger partial charge in [0.2, 0.25) is 5.91 Å². The van der Waals surface area contributed by atoms with Gasteiger partial charge in [-0.05, 0) is 37.8 Å². The second kappa shape index (κ2) is 7.58. The summed E-state index contributed by atoms with van der Waals surface area (Å²) in [5, 5.41) is 3.11. The summed E-state index contributed by atoms with van der Waals surface area (Å²) < 4.78 is 19.2. The van der Waals surface area contributed by atoms with E-state index in [0.29, 0.717) is 17.2 Å². The molecular formula is C17H25FN2O2. The number of halogens is 1. The average molecular weight is 308 g/mol. The zero-order chi connectivity index (χ0) is 16.1. The van der Waals surface area contributed by atoms with E-state index in [1.807, 2.05) is 11.8 Å². The quantitative estimate of drug-likeness (QED) is 0.909. The van der Waals surface area contributed by atoms with E-state index in [1.165, 1.54) is 13.2 Å². The van der Waals surface area contributed by atoms with Crippen molar-refractivity contribution in [3.8, 4) is 5.75 Å². The first-order chi connectivity index (χ1) is 10.5. The molecule has 0 aliphatic carbocycles. The van der Waals surface area contributed by atoms with Gasteiger partial charge in [0.05, 0.1) is 13.7 Å². The van der Waals surface area contributed by atoms with E-state index in [0.717, 1.165) is 25.9 Å². The van der Waals surface area contributed by atoms with E-state index in [2.05, 4.69) is 12.2 Å². The van der Waals surface area contributed by atoms with Crippen LogP contribution in [-0.2, 0) is 4.79 Å². The van der Waals surface area contributed by atoms with Gasteiger partial charge >= 0.3 is 0 Å². The van der Waals surface area contributed by atoms with E-state index >= 15 is 0 Å². The fourth-order valence-electron chi connectivity index (χ4n) is 2.83. The minimum absolute atomic E-state index is 0.0778. The molecule has 22 heavy (non-hydrogen) atoms. The molecule has 1 atom stereocenters. The summed E-state index contributed by atoms with van der Waals surface area (Å²) in [7, 11) is 1.52. The molecule has 0 unspecified atom stereocenters. The number of rotatable bonds is 5. The number of hydrogen-bond donors (Lipinski definition) is 1. The fourth-order valence-corrected chi connectivity index (χ4v) is 2.83. The Kier molecular flexibility index (Phi) is 5.77. The average Bonchev–Trinajstić information content (AvgIpc) is 2.52. The number of nitrogens with one attached hydrogen (secondary N) is 1. The van der Waals surface area contributed by atoms with Gasteiger partial charge < -0.3 is 15.0 Å². The number of carbonyl (C=O) groups is 1. The van der Waals surface area contributed by atoms with Gasteiger partial charge in [-0.3, -0.25) is 4.79 Å². The lowest BCUT2D eigenvalue weighted by Gasteiger charge is -2.31. The maximum atomic E-state index is 14.0. The number of likely N-dealkylation sites (tertiary alicyclic amines) is 1. The molecule has 1 amide bonds. The third-order valence-electron chi connectivity index (χ3n) is 4.36. The highest BCUT2D eigenvalue weighted by Crippen LogP contribution is 2.27. The third kappa shape index (κ3) is 3.97. The standard InChI is InChI=1S/C17H25FN2O2/c1-12-7-9-20(10-8-12)16(21)11-19-13(2)17-14(18)5-4-6-15(17)22-3/h4-6,12-13,19H,7-11H2,1-3H3/t13-/m1/s1. The van der Waals surface area contributed by atoms with E-state index < -0.39 is 0 Å². The van der Waals surface area contributed by atoms with E-state index in [-0.39, 0.29) is 24.3 Å². The maximum absolute atomic E-state index is 14.0. The first-order valence-electron chi connectivity index (χ1n) is 7.86. The first kappa shape index (κ1) is 16.7. The molecule has 1 aromatic rings. The summed E-state index contributed by atoms with van der Waals surface area (Å²) in [6.07, 6.45) is 2.12. The van der Waals surface area contributed by atoms with Gasteiger partial charge in [-0.15, -0.1) is 0 Å². The van der Waals surface area contributed by atoms with Crippen molar-refractivity contribution in [3.63, 3.8) is 0 Å². The Balaban J connectivity index is 1.93. The Morgan fingerprint density at radius 3 is 2.77 bits per heavy atom. The number of benzene rings is 1. The molecule has 0 radical (unpaired) electrons. The normalized spacial score (nSPS) is 17.4. The van der Waals surface area contributed by atoms with Gasteiger partial charge in [-0.1, -0.05) is 13.0 Å². The van der Waals surface area contributed by atoms with Crippen molar-refractivity contribution in [3.05, 3.63) is 29.6 Å². The Hall–Kier alpha value is -1.62. The largest absolute Gasteiger partial charge is 0.496 e. The smallest absolute Gasteiger partial charge is 0.236 e. The Morgan fingerprint density at radius 2 is 2.14 bits per heavy atom. The lowest BCUT2D eigenvalue weighted by Crippen LogP contribution is -2.43. The molecule has 0 aromatic heterocycles. The SMILES string of the molecule is COc1cccc(F)c1[C@@H](C)NCC(=O)N1CCC(C)CC1. The lowest BCUT2D eigenvalue weighted by molar-refractivity contribution is -0.131. The first-order valence-corrected chi connectivity index (χ1v) is 7.86. The lowest BCUT2D eigenvalue weighted by atomic mass is 9.99. The monoisotopic (exact) mass is 308 g/mol. The van der Waals surface area contributed by atoms with Crippen LogP contribution < -0.4 is 10.1 Å². The van der Waals surface area contributed by atoms with Gasteiger partial charge in [0.25, 0.3) is 0 Å². The molecule has 1 N–H and O–H groups in total. The second-order valence-electron chi connectivity index (χ2n) is 6.02. The molecule has 122 valence electrons. The fraction of sp³-hybridized carbons (Fsp3) is 0.588. The van der Waals surface area contributed by atoms with Crippen molar-refractivity contribution in [2.45, 2.75) is 32.7 Å². The molecule has 1 heterocycles. The van der Waals surface area contributed by atoms with Gasteiger partial charge in [-0.25, -0.2) is 4.39 Å². The van der Waals surface area contributed by atoms with E-state index in [9.17, 15) is 9.18 Å². The molecule has 1 saturated heterocycles. The molecule has 5 heteroatoms. The topological polar surface area (TPSA) is 41.6 Å². The summed E-state index contributed by atoms with van der Waals surface area (Å²) in [5.74, 6) is 0.950. The van der Waals surface area contributed by atoms with E-state index in [1.54, 1.807) is 12.1 Å².